The molecule has 108 valence electrons. The van der Waals surface area contributed by atoms with E-state index in [1.807, 2.05) is 24.3 Å². The van der Waals surface area contributed by atoms with Crippen LogP contribution in [0.5, 0.6) is 0 Å². The molecule has 0 spiro atoms. The van der Waals surface area contributed by atoms with E-state index in [4.69, 9.17) is 16.0 Å². The van der Waals surface area contributed by atoms with E-state index in [0.717, 1.165) is 11.8 Å². The van der Waals surface area contributed by atoms with Crippen LogP contribution in [-0.4, -0.2) is 5.11 Å². The van der Waals surface area contributed by atoms with Gasteiger partial charge in [-0.15, -0.1) is 0 Å². The van der Waals surface area contributed by atoms with Crippen LogP contribution in [-0.2, 0) is 0 Å². The predicted molar refractivity (Wildman–Crippen MR) is 82.0 cm³/mol. The molecule has 0 radical (unpaired) electrons. The second-order valence-electron chi connectivity index (χ2n) is 5.92. The highest BCUT2D eigenvalue weighted by atomic mass is 35.5. The van der Waals surface area contributed by atoms with Crippen LogP contribution in [0.3, 0.4) is 0 Å². The Kier molecular flexibility index (Phi) is 4.32. The van der Waals surface area contributed by atoms with E-state index in [0.29, 0.717) is 22.3 Å². The molecule has 0 aliphatic heterocycles. The van der Waals surface area contributed by atoms with E-state index in [1.54, 1.807) is 0 Å². The molecule has 0 saturated heterocycles. The van der Waals surface area contributed by atoms with Gasteiger partial charge in [0.2, 0.25) is 0 Å². The Morgan fingerprint density at radius 1 is 1.20 bits per heavy atom. The van der Waals surface area contributed by atoms with Crippen molar-refractivity contribution in [2.45, 2.75) is 51.0 Å². The van der Waals surface area contributed by atoms with E-state index in [2.05, 4.69) is 0 Å². The van der Waals surface area contributed by atoms with Gasteiger partial charge in [0.1, 0.15) is 11.9 Å². The molecule has 1 aliphatic carbocycles. The third-order valence-corrected chi connectivity index (χ3v) is 4.67. The molecule has 1 saturated carbocycles. The fourth-order valence-corrected chi connectivity index (χ4v) is 3.46. The van der Waals surface area contributed by atoms with Crippen molar-refractivity contribution < 1.29 is 9.52 Å². The molecule has 1 atom stereocenters. The van der Waals surface area contributed by atoms with E-state index >= 15 is 0 Å². The van der Waals surface area contributed by atoms with E-state index in [-0.39, 0.29) is 0 Å². The molecule has 0 amide bonds. The number of fused-ring (bicyclic) bond motifs is 1. The Morgan fingerprint density at radius 2 is 1.95 bits per heavy atom. The van der Waals surface area contributed by atoms with Crippen molar-refractivity contribution in [2.24, 2.45) is 5.92 Å². The van der Waals surface area contributed by atoms with Gasteiger partial charge in [-0.05, 0) is 24.5 Å². The highest BCUT2D eigenvalue weighted by Crippen LogP contribution is 2.34. The average Bonchev–Trinajstić information content (AvgIpc) is 2.72. The lowest BCUT2D eigenvalue weighted by Crippen LogP contribution is -2.06. The summed E-state index contributed by atoms with van der Waals surface area (Å²) in [4.78, 5) is 0. The highest BCUT2D eigenvalue weighted by Gasteiger charge is 2.20. The third kappa shape index (κ3) is 3.02. The van der Waals surface area contributed by atoms with Crippen LogP contribution in [0.4, 0.5) is 0 Å². The second-order valence-corrected chi connectivity index (χ2v) is 6.32. The van der Waals surface area contributed by atoms with Crippen molar-refractivity contribution in [2.75, 3.05) is 0 Å². The normalized spacial score (nSPS) is 19.1. The maximum absolute atomic E-state index is 10.4. The number of hydrogen-bond donors (Lipinski definition) is 1. The van der Waals surface area contributed by atoms with Gasteiger partial charge in [-0.25, -0.2) is 0 Å². The number of halogens is 1. The molecule has 2 nitrogen and oxygen atoms in total. The zero-order chi connectivity index (χ0) is 13.9. The number of benzene rings is 1. The molecule has 0 bridgehead atoms. The van der Waals surface area contributed by atoms with Gasteiger partial charge >= 0.3 is 0 Å². The Hall–Kier alpha value is -0.990. The average molecular weight is 293 g/mol. The molecule has 1 aromatic carbocycles. The summed E-state index contributed by atoms with van der Waals surface area (Å²) >= 11 is 6.11. The Labute approximate surface area is 124 Å². The van der Waals surface area contributed by atoms with Gasteiger partial charge in [0.15, 0.2) is 5.58 Å². The predicted octanol–water partition coefficient (Wildman–Crippen LogP) is 5.48. The minimum atomic E-state index is -0.512. The summed E-state index contributed by atoms with van der Waals surface area (Å²) in [5.41, 5.74) is 0.684. The smallest absolute Gasteiger partial charge is 0.152 e. The first-order valence-corrected chi connectivity index (χ1v) is 7.98. The van der Waals surface area contributed by atoms with Crippen LogP contribution in [0.25, 0.3) is 11.0 Å². The maximum Gasteiger partial charge on any atom is 0.152 e. The van der Waals surface area contributed by atoms with Crippen molar-refractivity contribution in [3.63, 3.8) is 0 Å². The first-order chi connectivity index (χ1) is 9.74. The molecule has 1 aliphatic rings. The van der Waals surface area contributed by atoms with Crippen LogP contribution < -0.4 is 0 Å². The quantitative estimate of drug-likeness (QED) is 0.760. The molecule has 1 unspecified atom stereocenters. The van der Waals surface area contributed by atoms with E-state index in [9.17, 15) is 5.11 Å². The second kappa shape index (κ2) is 6.19. The van der Waals surface area contributed by atoms with E-state index < -0.39 is 6.10 Å². The van der Waals surface area contributed by atoms with Gasteiger partial charge in [-0.2, -0.15) is 0 Å². The van der Waals surface area contributed by atoms with Crippen LogP contribution in [0.1, 0.15) is 56.8 Å². The third-order valence-electron chi connectivity index (χ3n) is 4.37. The minimum absolute atomic E-state index is 0.512. The van der Waals surface area contributed by atoms with E-state index in [1.165, 1.54) is 38.5 Å². The number of hydrogen-bond acceptors (Lipinski definition) is 2. The van der Waals surface area contributed by atoms with Crippen LogP contribution in [0.2, 0.25) is 5.02 Å². The fraction of sp³-hybridized carbons (Fsp3) is 0.529. The molecule has 1 N–H and O–H groups in total. The van der Waals surface area contributed by atoms with Gasteiger partial charge in [-0.3, -0.25) is 0 Å². The summed E-state index contributed by atoms with van der Waals surface area (Å²) in [6.45, 7) is 0. The minimum Gasteiger partial charge on any atom is -0.457 e. The summed E-state index contributed by atoms with van der Waals surface area (Å²) in [5, 5.41) is 12.0. The Bertz CT molecular complexity index is 567. The van der Waals surface area contributed by atoms with Gasteiger partial charge in [-0.1, -0.05) is 62.3 Å². The molecule has 2 aromatic rings. The summed E-state index contributed by atoms with van der Waals surface area (Å²) in [5.74, 6) is 1.27. The lowest BCUT2D eigenvalue weighted by atomic mass is 9.93. The van der Waals surface area contributed by atoms with Gasteiger partial charge in [0.25, 0.3) is 0 Å². The number of para-hydroxylation sites is 1. The lowest BCUT2D eigenvalue weighted by Gasteiger charge is -2.16. The zero-order valence-electron chi connectivity index (χ0n) is 11.6. The van der Waals surface area contributed by atoms with Gasteiger partial charge < -0.3 is 9.52 Å². The molecule has 1 heterocycles. The first-order valence-electron chi connectivity index (χ1n) is 7.60. The highest BCUT2D eigenvalue weighted by molar-refractivity contribution is 6.34. The monoisotopic (exact) mass is 292 g/mol. The van der Waals surface area contributed by atoms with Crippen molar-refractivity contribution in [3.8, 4) is 0 Å². The van der Waals surface area contributed by atoms with Crippen molar-refractivity contribution in [3.05, 3.63) is 35.0 Å². The van der Waals surface area contributed by atoms with Gasteiger partial charge in [0, 0.05) is 5.39 Å². The maximum atomic E-state index is 10.4. The first kappa shape index (κ1) is 14.0. The fourth-order valence-electron chi connectivity index (χ4n) is 3.24. The Balaban J connectivity index is 1.74. The summed E-state index contributed by atoms with van der Waals surface area (Å²) in [6, 6.07) is 7.60. The lowest BCUT2D eigenvalue weighted by molar-refractivity contribution is 0.117. The summed E-state index contributed by atoms with van der Waals surface area (Å²) in [6.07, 6.45) is 8.03. The molecule has 3 rings (SSSR count). The molecule has 1 fully saturated rings. The molecular formula is C17H21ClO2. The molecule has 3 heteroatoms. The topological polar surface area (TPSA) is 33.4 Å². The number of furan rings is 1. The standard InChI is InChI=1S/C17H21ClO2/c18-14-9-5-8-13-11-16(20-17(13)14)15(19)10-12-6-3-1-2-4-7-12/h5,8-9,11-12,15,19H,1-4,6-7,10H2. The summed E-state index contributed by atoms with van der Waals surface area (Å²) < 4.78 is 5.75. The van der Waals surface area contributed by atoms with Crippen molar-refractivity contribution in [1.29, 1.82) is 0 Å². The largest absolute Gasteiger partial charge is 0.457 e. The molecule has 20 heavy (non-hydrogen) atoms. The summed E-state index contributed by atoms with van der Waals surface area (Å²) in [7, 11) is 0. The van der Waals surface area contributed by atoms with Crippen molar-refractivity contribution >= 4 is 22.6 Å². The van der Waals surface area contributed by atoms with Crippen LogP contribution in [0, 0.1) is 5.92 Å². The van der Waals surface area contributed by atoms with Crippen LogP contribution >= 0.6 is 11.6 Å². The van der Waals surface area contributed by atoms with Crippen LogP contribution in [0.15, 0.2) is 28.7 Å². The number of aliphatic hydroxyl groups excluding tert-OH is 1. The number of aliphatic hydroxyl groups is 1. The Morgan fingerprint density at radius 3 is 2.65 bits per heavy atom. The SMILES string of the molecule is OC(CC1CCCCCC1)c1cc2cccc(Cl)c2o1. The molecular weight excluding hydrogens is 272 g/mol. The zero-order valence-corrected chi connectivity index (χ0v) is 12.4. The van der Waals surface area contributed by atoms with Crippen molar-refractivity contribution in [1.82, 2.24) is 0 Å². The number of rotatable bonds is 3. The van der Waals surface area contributed by atoms with Gasteiger partial charge in [0.05, 0.1) is 5.02 Å². The molecule has 1 aromatic heterocycles.